The largest absolute Gasteiger partial charge is 0.390 e. The van der Waals surface area contributed by atoms with Gasteiger partial charge in [0.2, 0.25) is 5.91 Å². The summed E-state index contributed by atoms with van der Waals surface area (Å²) >= 11 is 2.59. The Kier molecular flexibility index (Phi) is 9.33. The van der Waals surface area contributed by atoms with E-state index in [1.165, 1.54) is 22.7 Å². The topological polar surface area (TPSA) is 108 Å². The molecule has 0 fully saturated rings. The summed E-state index contributed by atoms with van der Waals surface area (Å²) in [4.78, 5) is 42.9. The second-order valence-electron chi connectivity index (χ2n) is 8.28. The van der Waals surface area contributed by atoms with Crippen molar-refractivity contribution in [3.05, 3.63) is 33.5 Å². The fraction of sp³-hybridized carbons (Fsp3) is 0.545. The molecule has 2 aromatic heterocycles. The lowest BCUT2D eigenvalue weighted by atomic mass is 9.96. The number of Topliss-reactive ketones (excluding diaryl/α,β-unsaturated/α-hetero) is 1. The summed E-state index contributed by atoms with van der Waals surface area (Å²) in [7, 11) is 0. The van der Waals surface area contributed by atoms with Crippen LogP contribution in [-0.2, 0) is 9.59 Å². The van der Waals surface area contributed by atoms with Crippen molar-refractivity contribution in [2.45, 2.75) is 77.4 Å². The molecule has 3 N–H and O–H groups in total. The maximum atomic E-state index is 12.7. The second kappa shape index (κ2) is 11.5. The molecule has 0 saturated carbocycles. The molecule has 1 unspecified atom stereocenters. The van der Waals surface area contributed by atoms with Crippen LogP contribution < -0.4 is 10.6 Å². The minimum absolute atomic E-state index is 0.264. The third-order valence-corrected chi connectivity index (χ3v) is 6.83. The van der Waals surface area contributed by atoms with Gasteiger partial charge in [-0.2, -0.15) is 0 Å². The molecule has 2 amide bonds. The van der Waals surface area contributed by atoms with Gasteiger partial charge in [0, 0.05) is 11.1 Å². The average molecular weight is 466 g/mol. The van der Waals surface area contributed by atoms with Gasteiger partial charge in [0.15, 0.2) is 5.13 Å². The van der Waals surface area contributed by atoms with Gasteiger partial charge in [-0.25, -0.2) is 4.98 Å². The zero-order chi connectivity index (χ0) is 23.0. The summed E-state index contributed by atoms with van der Waals surface area (Å²) in [5.41, 5.74) is -0.670. The number of carbonyl (C=O) groups excluding carboxylic acids is 3. The number of rotatable bonds is 12. The second-order valence-corrected chi connectivity index (χ2v) is 10.3. The predicted molar refractivity (Wildman–Crippen MR) is 125 cm³/mol. The van der Waals surface area contributed by atoms with E-state index in [0.717, 1.165) is 24.1 Å². The van der Waals surface area contributed by atoms with Crippen LogP contribution in [0.2, 0.25) is 0 Å². The molecule has 7 nitrogen and oxygen atoms in total. The van der Waals surface area contributed by atoms with Crippen molar-refractivity contribution in [1.82, 2.24) is 10.3 Å². The Morgan fingerprint density at radius 1 is 1.26 bits per heavy atom. The van der Waals surface area contributed by atoms with Crippen molar-refractivity contribution in [2.75, 3.05) is 5.32 Å². The standard InChI is InChI=1S/C22H31N3O4S2/c1-5-8-15(24-20(28)18(26)16-10-7-12-30-16)19(27)25-21-23-13-17(31-21)14(2)9-6-11-22(3,4)29/h7,10,12-15,29H,5-6,8-9,11H2,1-4H3,(H,24,28)(H,23,25,27)/t14?,15-/m0/s1. The molecule has 0 radical (unpaired) electrons. The summed E-state index contributed by atoms with van der Waals surface area (Å²) in [6.45, 7) is 7.61. The van der Waals surface area contributed by atoms with Crippen LogP contribution in [0.25, 0.3) is 0 Å². The van der Waals surface area contributed by atoms with E-state index in [4.69, 9.17) is 0 Å². The van der Waals surface area contributed by atoms with Crippen molar-refractivity contribution in [1.29, 1.82) is 0 Å². The lowest BCUT2D eigenvalue weighted by molar-refractivity contribution is -0.124. The SMILES string of the molecule is CCC[C@H](NC(=O)C(=O)c1cccs1)C(=O)Nc1ncc(C(C)CCCC(C)(C)O)s1. The van der Waals surface area contributed by atoms with E-state index in [9.17, 15) is 19.5 Å². The number of nitrogens with one attached hydrogen (secondary N) is 2. The molecule has 0 aliphatic carbocycles. The van der Waals surface area contributed by atoms with Crippen LogP contribution in [0.15, 0.2) is 23.7 Å². The highest BCUT2D eigenvalue weighted by Crippen LogP contribution is 2.30. The summed E-state index contributed by atoms with van der Waals surface area (Å²) in [6.07, 6.45) is 5.38. The molecule has 0 spiro atoms. The predicted octanol–water partition coefficient (Wildman–Crippen LogP) is 4.36. The number of nitrogens with zero attached hydrogens (tertiary/aromatic N) is 1. The molecule has 0 aliphatic heterocycles. The Bertz CT molecular complexity index is 872. The minimum atomic E-state index is -0.807. The molecule has 2 atom stereocenters. The van der Waals surface area contributed by atoms with Gasteiger partial charge in [-0.3, -0.25) is 14.4 Å². The van der Waals surface area contributed by atoms with Crippen molar-refractivity contribution in [3.63, 3.8) is 0 Å². The van der Waals surface area contributed by atoms with E-state index in [-0.39, 0.29) is 11.8 Å². The summed E-state index contributed by atoms with van der Waals surface area (Å²) in [6, 6.07) is 2.48. The first-order valence-electron chi connectivity index (χ1n) is 10.5. The highest BCUT2D eigenvalue weighted by atomic mass is 32.1. The lowest BCUT2D eigenvalue weighted by Crippen LogP contribution is -2.46. The quantitative estimate of drug-likeness (QED) is 0.319. The zero-order valence-corrected chi connectivity index (χ0v) is 20.1. The van der Waals surface area contributed by atoms with Crippen molar-refractivity contribution in [3.8, 4) is 0 Å². The van der Waals surface area contributed by atoms with Crippen LogP contribution in [0, 0.1) is 0 Å². The van der Waals surface area contributed by atoms with Gasteiger partial charge >= 0.3 is 0 Å². The van der Waals surface area contributed by atoms with E-state index >= 15 is 0 Å². The fourth-order valence-corrected chi connectivity index (χ4v) is 4.61. The highest BCUT2D eigenvalue weighted by Gasteiger charge is 2.25. The van der Waals surface area contributed by atoms with Crippen LogP contribution in [0.5, 0.6) is 0 Å². The normalized spacial score (nSPS) is 13.5. The first-order valence-corrected chi connectivity index (χ1v) is 12.2. The summed E-state index contributed by atoms with van der Waals surface area (Å²) in [5, 5.41) is 17.4. The van der Waals surface area contributed by atoms with Crippen LogP contribution in [0.1, 0.15) is 80.3 Å². The Morgan fingerprint density at radius 3 is 2.61 bits per heavy atom. The van der Waals surface area contributed by atoms with E-state index in [1.54, 1.807) is 37.6 Å². The van der Waals surface area contributed by atoms with Crippen LogP contribution in [-0.4, -0.2) is 39.3 Å². The third kappa shape index (κ3) is 8.16. The van der Waals surface area contributed by atoms with E-state index in [0.29, 0.717) is 22.9 Å². The molecule has 9 heteroatoms. The molecule has 170 valence electrons. The number of carbonyl (C=O) groups is 3. The molecule has 0 aromatic carbocycles. The maximum Gasteiger partial charge on any atom is 0.293 e. The monoisotopic (exact) mass is 465 g/mol. The Labute approximate surface area is 191 Å². The van der Waals surface area contributed by atoms with E-state index in [2.05, 4.69) is 22.5 Å². The van der Waals surface area contributed by atoms with E-state index < -0.39 is 23.3 Å². The van der Waals surface area contributed by atoms with Gasteiger partial charge in [-0.1, -0.05) is 26.3 Å². The maximum absolute atomic E-state index is 12.7. The number of hydrogen-bond acceptors (Lipinski definition) is 7. The number of amides is 2. The smallest absolute Gasteiger partial charge is 0.293 e. The highest BCUT2D eigenvalue weighted by molar-refractivity contribution is 7.15. The average Bonchev–Trinajstić information content (AvgIpc) is 3.38. The molecule has 2 heterocycles. The Hall–Kier alpha value is -2.10. The number of thiophene rings is 1. The minimum Gasteiger partial charge on any atom is -0.390 e. The van der Waals surface area contributed by atoms with Gasteiger partial charge in [0.25, 0.3) is 11.7 Å². The van der Waals surface area contributed by atoms with Crippen LogP contribution >= 0.6 is 22.7 Å². The molecule has 31 heavy (non-hydrogen) atoms. The molecule has 0 saturated heterocycles. The zero-order valence-electron chi connectivity index (χ0n) is 18.4. The third-order valence-electron chi connectivity index (χ3n) is 4.82. The number of aromatic nitrogens is 1. The number of ketones is 1. The van der Waals surface area contributed by atoms with Gasteiger partial charge in [-0.15, -0.1) is 22.7 Å². The number of anilines is 1. The van der Waals surface area contributed by atoms with Gasteiger partial charge in [0.05, 0.1) is 10.5 Å². The number of hydrogen-bond donors (Lipinski definition) is 3. The van der Waals surface area contributed by atoms with Crippen molar-refractivity contribution < 1.29 is 19.5 Å². The molecule has 2 aromatic rings. The van der Waals surface area contributed by atoms with Crippen LogP contribution in [0.3, 0.4) is 0 Å². The van der Waals surface area contributed by atoms with Crippen molar-refractivity contribution in [2.24, 2.45) is 0 Å². The summed E-state index contributed by atoms with van der Waals surface area (Å²) < 4.78 is 0. The number of thiazole rings is 1. The molecule has 2 rings (SSSR count). The van der Waals surface area contributed by atoms with Gasteiger partial charge in [-0.05, 0) is 56.9 Å². The molecular weight excluding hydrogens is 434 g/mol. The number of aliphatic hydroxyl groups is 1. The Balaban J connectivity index is 1.93. The van der Waals surface area contributed by atoms with Gasteiger partial charge < -0.3 is 15.7 Å². The summed E-state index contributed by atoms with van der Waals surface area (Å²) in [5.74, 6) is -1.54. The molecule has 0 aliphatic rings. The van der Waals surface area contributed by atoms with Crippen molar-refractivity contribution >= 4 is 45.4 Å². The first kappa shape index (κ1) is 25.2. The van der Waals surface area contributed by atoms with Gasteiger partial charge in [0.1, 0.15) is 6.04 Å². The fourth-order valence-electron chi connectivity index (χ4n) is 3.05. The Morgan fingerprint density at radius 2 is 2.00 bits per heavy atom. The molecule has 0 bridgehead atoms. The first-order chi connectivity index (χ1) is 14.6. The molecular formula is C22H31N3O4S2. The van der Waals surface area contributed by atoms with E-state index in [1.807, 2.05) is 6.92 Å². The van der Waals surface area contributed by atoms with Crippen LogP contribution in [0.4, 0.5) is 5.13 Å². The lowest BCUT2D eigenvalue weighted by Gasteiger charge is -2.17.